The van der Waals surface area contributed by atoms with Gasteiger partial charge in [0.05, 0.1) is 6.04 Å². The average Bonchev–Trinajstić information content (AvgIpc) is 2.85. The number of nitrogens with two attached hydrogens (primary N) is 1. The molecule has 0 saturated heterocycles. The fourth-order valence-electron chi connectivity index (χ4n) is 2.33. The lowest BCUT2D eigenvalue weighted by atomic mass is 10.1. The van der Waals surface area contributed by atoms with Crippen molar-refractivity contribution in [2.75, 3.05) is 7.05 Å². The van der Waals surface area contributed by atoms with Crippen LogP contribution < -0.4 is 5.73 Å². The largest absolute Gasteiger partial charge is 0.326 e. The number of thiophene rings is 1. The number of benzene rings is 1. The Morgan fingerprint density at radius 2 is 2.00 bits per heavy atom. The molecule has 0 aliphatic carbocycles. The van der Waals surface area contributed by atoms with Gasteiger partial charge in [0.25, 0.3) is 0 Å². The molecule has 4 heteroatoms. The minimum absolute atomic E-state index is 0.0751. The third-order valence-electron chi connectivity index (χ3n) is 3.19. The summed E-state index contributed by atoms with van der Waals surface area (Å²) in [5.74, 6) is 0. The minimum Gasteiger partial charge on any atom is -0.326 e. The highest BCUT2D eigenvalue weighted by Crippen LogP contribution is 2.28. The maximum atomic E-state index is 6.22. The Morgan fingerprint density at radius 3 is 2.58 bits per heavy atom. The second-order valence-corrected chi connectivity index (χ2v) is 6.21. The first kappa shape index (κ1) is 14.5. The van der Waals surface area contributed by atoms with E-state index < -0.39 is 0 Å². The fourth-order valence-corrected chi connectivity index (χ4v) is 3.53. The van der Waals surface area contributed by atoms with Crippen LogP contribution in [0.4, 0.5) is 0 Å². The van der Waals surface area contributed by atoms with Gasteiger partial charge in [-0.15, -0.1) is 11.3 Å². The van der Waals surface area contributed by atoms with Crippen LogP contribution in [0.25, 0.3) is 0 Å². The zero-order chi connectivity index (χ0) is 13.8. The van der Waals surface area contributed by atoms with Crippen LogP contribution in [0.5, 0.6) is 0 Å². The van der Waals surface area contributed by atoms with Gasteiger partial charge in [-0.1, -0.05) is 35.9 Å². The minimum atomic E-state index is 0.0751. The van der Waals surface area contributed by atoms with Crippen LogP contribution in [-0.4, -0.2) is 18.0 Å². The third-order valence-corrected chi connectivity index (χ3v) is 4.50. The summed E-state index contributed by atoms with van der Waals surface area (Å²) in [7, 11) is 2.09. The SMILES string of the molecule is CC(N)C(c1cccs1)N(C)Cc1ccccc1Cl. The molecule has 0 aliphatic rings. The molecule has 0 radical (unpaired) electrons. The van der Waals surface area contributed by atoms with Crippen molar-refractivity contribution in [1.82, 2.24) is 4.90 Å². The van der Waals surface area contributed by atoms with Gasteiger partial charge >= 0.3 is 0 Å². The molecular formula is C15H19ClN2S. The molecule has 2 unspecified atom stereocenters. The standard InChI is InChI=1S/C15H19ClN2S/c1-11(17)15(14-8-5-9-19-14)18(2)10-12-6-3-4-7-13(12)16/h3-9,11,15H,10,17H2,1-2H3. The number of hydrogen-bond acceptors (Lipinski definition) is 3. The summed E-state index contributed by atoms with van der Waals surface area (Å²) < 4.78 is 0. The molecule has 1 aromatic carbocycles. The highest BCUT2D eigenvalue weighted by Gasteiger charge is 2.22. The van der Waals surface area contributed by atoms with Crippen molar-refractivity contribution in [3.8, 4) is 0 Å². The number of nitrogens with zero attached hydrogens (tertiary/aromatic N) is 1. The van der Waals surface area contributed by atoms with E-state index >= 15 is 0 Å². The van der Waals surface area contributed by atoms with Gasteiger partial charge in [0.2, 0.25) is 0 Å². The van der Waals surface area contributed by atoms with Gasteiger partial charge in [-0.2, -0.15) is 0 Å². The Balaban J connectivity index is 2.17. The Labute approximate surface area is 123 Å². The van der Waals surface area contributed by atoms with Crippen LogP contribution in [0.1, 0.15) is 23.4 Å². The lowest BCUT2D eigenvalue weighted by molar-refractivity contribution is 0.214. The molecule has 0 aliphatic heterocycles. The molecule has 19 heavy (non-hydrogen) atoms. The summed E-state index contributed by atoms with van der Waals surface area (Å²) in [6, 6.07) is 12.5. The lowest BCUT2D eigenvalue weighted by Crippen LogP contribution is -2.36. The molecular weight excluding hydrogens is 276 g/mol. The monoisotopic (exact) mass is 294 g/mol. The van der Waals surface area contributed by atoms with Crippen LogP contribution in [0.15, 0.2) is 41.8 Å². The summed E-state index contributed by atoms with van der Waals surface area (Å²) in [4.78, 5) is 3.56. The first-order valence-electron chi connectivity index (χ1n) is 6.32. The van der Waals surface area contributed by atoms with Crippen LogP contribution in [0.2, 0.25) is 5.02 Å². The van der Waals surface area contributed by atoms with Crippen molar-refractivity contribution in [3.05, 3.63) is 57.2 Å². The zero-order valence-electron chi connectivity index (χ0n) is 11.2. The van der Waals surface area contributed by atoms with Crippen LogP contribution >= 0.6 is 22.9 Å². The van der Waals surface area contributed by atoms with E-state index in [0.29, 0.717) is 0 Å². The van der Waals surface area contributed by atoms with Crippen molar-refractivity contribution in [3.63, 3.8) is 0 Å². The number of halogens is 1. The number of hydrogen-bond donors (Lipinski definition) is 1. The van der Waals surface area contributed by atoms with Crippen LogP contribution in [0, 0.1) is 0 Å². The third kappa shape index (κ3) is 3.57. The Hall–Kier alpha value is -0.870. The van der Waals surface area contributed by atoms with Crippen molar-refractivity contribution >= 4 is 22.9 Å². The Bertz CT molecular complexity index is 511. The van der Waals surface area contributed by atoms with Gasteiger partial charge < -0.3 is 5.73 Å². The second-order valence-electron chi connectivity index (χ2n) is 4.83. The molecule has 0 amide bonds. The van der Waals surface area contributed by atoms with Crippen molar-refractivity contribution in [1.29, 1.82) is 0 Å². The topological polar surface area (TPSA) is 29.3 Å². The van der Waals surface area contributed by atoms with Gasteiger partial charge in [-0.3, -0.25) is 4.90 Å². The lowest BCUT2D eigenvalue weighted by Gasteiger charge is -2.30. The average molecular weight is 295 g/mol. The molecule has 2 nitrogen and oxygen atoms in total. The van der Waals surface area contributed by atoms with E-state index in [1.165, 1.54) is 4.88 Å². The number of likely N-dealkylation sites (N-methyl/N-ethyl adjacent to an activating group) is 1. The van der Waals surface area contributed by atoms with E-state index in [-0.39, 0.29) is 12.1 Å². The predicted octanol–water partition coefficient (Wildman–Crippen LogP) is 3.92. The van der Waals surface area contributed by atoms with Crippen LogP contribution in [0.3, 0.4) is 0 Å². The Kier molecular flexibility index (Phi) is 4.99. The molecule has 1 heterocycles. The van der Waals surface area contributed by atoms with E-state index in [1.807, 2.05) is 25.1 Å². The van der Waals surface area contributed by atoms with Crippen molar-refractivity contribution < 1.29 is 0 Å². The zero-order valence-corrected chi connectivity index (χ0v) is 12.8. The molecule has 102 valence electrons. The highest BCUT2D eigenvalue weighted by molar-refractivity contribution is 7.10. The molecule has 2 N–H and O–H groups in total. The molecule has 1 aromatic heterocycles. The van der Waals surface area contributed by atoms with Crippen LogP contribution in [-0.2, 0) is 6.54 Å². The summed E-state index contributed by atoms with van der Waals surface area (Å²) >= 11 is 7.97. The second kappa shape index (κ2) is 6.53. The summed E-state index contributed by atoms with van der Waals surface area (Å²) in [5, 5.41) is 2.90. The van der Waals surface area contributed by atoms with Gasteiger partial charge in [-0.05, 0) is 37.0 Å². The first-order chi connectivity index (χ1) is 9.09. The molecule has 0 saturated carbocycles. The van der Waals surface area contributed by atoms with Crippen molar-refractivity contribution in [2.45, 2.75) is 25.6 Å². The normalized spacial score (nSPS) is 14.6. The molecule has 0 spiro atoms. The van der Waals surface area contributed by atoms with E-state index in [1.54, 1.807) is 11.3 Å². The smallest absolute Gasteiger partial charge is 0.0591 e. The van der Waals surface area contributed by atoms with Gasteiger partial charge in [-0.25, -0.2) is 0 Å². The van der Waals surface area contributed by atoms with E-state index in [9.17, 15) is 0 Å². The fraction of sp³-hybridized carbons (Fsp3) is 0.333. The van der Waals surface area contributed by atoms with E-state index in [4.69, 9.17) is 17.3 Å². The predicted molar refractivity (Wildman–Crippen MR) is 83.6 cm³/mol. The maximum Gasteiger partial charge on any atom is 0.0591 e. The van der Waals surface area contributed by atoms with E-state index in [2.05, 4.69) is 35.5 Å². The quantitative estimate of drug-likeness (QED) is 0.905. The summed E-state index contributed by atoms with van der Waals surface area (Å²) in [6.45, 7) is 2.84. The maximum absolute atomic E-state index is 6.22. The highest BCUT2D eigenvalue weighted by atomic mass is 35.5. The van der Waals surface area contributed by atoms with Gasteiger partial charge in [0.1, 0.15) is 0 Å². The molecule has 2 aromatic rings. The molecule has 2 rings (SSSR count). The molecule has 0 fully saturated rings. The molecule has 0 bridgehead atoms. The Morgan fingerprint density at radius 1 is 1.26 bits per heavy atom. The van der Waals surface area contributed by atoms with E-state index in [0.717, 1.165) is 17.1 Å². The number of rotatable bonds is 5. The first-order valence-corrected chi connectivity index (χ1v) is 7.58. The van der Waals surface area contributed by atoms with Gasteiger partial charge in [0, 0.05) is 22.5 Å². The summed E-state index contributed by atoms with van der Waals surface area (Å²) in [5.41, 5.74) is 7.29. The molecule has 2 atom stereocenters. The summed E-state index contributed by atoms with van der Waals surface area (Å²) in [6.07, 6.45) is 0. The van der Waals surface area contributed by atoms with Gasteiger partial charge in [0.15, 0.2) is 0 Å². The van der Waals surface area contributed by atoms with Crippen molar-refractivity contribution in [2.24, 2.45) is 5.73 Å².